The summed E-state index contributed by atoms with van der Waals surface area (Å²) in [6.45, 7) is 4.71. The average molecular weight is 463 g/mol. The molecule has 0 bridgehead atoms. The lowest BCUT2D eigenvalue weighted by atomic mass is 9.95. The standard InChI is InChI=1S/C25H26N4O3S/c1-16-8-6-7-11-20(16)25(32)29-14-12-18(13-15-29)22(30)27-28-23(31)21-17(2)26-24(33-21)19-9-4-3-5-10-19/h3-11,18H,12-15H2,1-2H3,(H,27,30)(H,28,31). The number of rotatable bonds is 4. The Morgan fingerprint density at radius 1 is 0.939 bits per heavy atom. The van der Waals surface area contributed by atoms with E-state index in [0.29, 0.717) is 42.1 Å². The second kappa shape index (κ2) is 9.95. The molecule has 3 aromatic rings. The van der Waals surface area contributed by atoms with Gasteiger partial charge in [-0.05, 0) is 38.3 Å². The van der Waals surface area contributed by atoms with Crippen molar-refractivity contribution < 1.29 is 14.4 Å². The second-order valence-electron chi connectivity index (χ2n) is 8.12. The predicted octanol–water partition coefficient (Wildman–Crippen LogP) is 3.74. The van der Waals surface area contributed by atoms with Crippen molar-refractivity contribution in [3.8, 4) is 10.6 Å². The van der Waals surface area contributed by atoms with Crippen LogP contribution in [0.2, 0.25) is 0 Å². The first-order valence-corrected chi connectivity index (χ1v) is 11.7. The van der Waals surface area contributed by atoms with Gasteiger partial charge in [0.25, 0.3) is 11.8 Å². The molecule has 0 unspecified atom stereocenters. The normalized spacial score (nSPS) is 14.1. The molecule has 1 saturated heterocycles. The molecule has 2 aromatic carbocycles. The summed E-state index contributed by atoms with van der Waals surface area (Å²) in [6, 6.07) is 17.2. The Labute approximate surface area is 196 Å². The van der Waals surface area contributed by atoms with E-state index in [1.165, 1.54) is 11.3 Å². The van der Waals surface area contributed by atoms with Gasteiger partial charge < -0.3 is 4.90 Å². The van der Waals surface area contributed by atoms with Crippen molar-refractivity contribution in [1.82, 2.24) is 20.7 Å². The number of likely N-dealkylation sites (tertiary alicyclic amines) is 1. The molecule has 0 atom stereocenters. The number of hydrogen-bond donors (Lipinski definition) is 2. The van der Waals surface area contributed by atoms with E-state index in [4.69, 9.17) is 0 Å². The molecule has 1 fully saturated rings. The molecule has 33 heavy (non-hydrogen) atoms. The Balaban J connectivity index is 1.29. The Kier molecular flexibility index (Phi) is 6.84. The molecule has 8 heteroatoms. The highest BCUT2D eigenvalue weighted by atomic mass is 32.1. The minimum absolute atomic E-state index is 0.00449. The fourth-order valence-electron chi connectivity index (χ4n) is 3.92. The molecular formula is C25H26N4O3S. The van der Waals surface area contributed by atoms with Crippen molar-refractivity contribution in [1.29, 1.82) is 0 Å². The maximum Gasteiger partial charge on any atom is 0.281 e. The SMILES string of the molecule is Cc1ccccc1C(=O)N1CCC(C(=O)NNC(=O)c2sc(-c3ccccc3)nc2C)CC1. The third-order valence-electron chi connectivity index (χ3n) is 5.85. The number of aryl methyl sites for hydroxylation is 2. The summed E-state index contributed by atoms with van der Waals surface area (Å²) < 4.78 is 0. The topological polar surface area (TPSA) is 91.4 Å². The van der Waals surface area contributed by atoms with Gasteiger partial charge in [0.15, 0.2) is 0 Å². The van der Waals surface area contributed by atoms with Crippen LogP contribution in [-0.4, -0.2) is 40.7 Å². The Bertz CT molecular complexity index is 1170. The second-order valence-corrected chi connectivity index (χ2v) is 9.12. The summed E-state index contributed by atoms with van der Waals surface area (Å²) in [5.74, 6) is -0.881. The van der Waals surface area contributed by atoms with E-state index in [9.17, 15) is 14.4 Å². The van der Waals surface area contributed by atoms with Crippen LogP contribution in [0.15, 0.2) is 54.6 Å². The summed E-state index contributed by atoms with van der Waals surface area (Å²) in [5.41, 5.74) is 8.27. The van der Waals surface area contributed by atoms with E-state index < -0.39 is 0 Å². The molecule has 4 rings (SSSR count). The molecule has 2 heterocycles. The van der Waals surface area contributed by atoms with Gasteiger partial charge in [0.2, 0.25) is 5.91 Å². The van der Waals surface area contributed by atoms with Crippen molar-refractivity contribution in [3.05, 3.63) is 76.3 Å². The number of aromatic nitrogens is 1. The van der Waals surface area contributed by atoms with Gasteiger partial charge in [0.05, 0.1) is 5.69 Å². The molecule has 170 valence electrons. The fraction of sp³-hybridized carbons (Fsp3) is 0.280. The highest BCUT2D eigenvalue weighted by Crippen LogP contribution is 2.27. The van der Waals surface area contributed by atoms with Gasteiger partial charge in [-0.25, -0.2) is 4.98 Å². The van der Waals surface area contributed by atoms with Crippen LogP contribution in [0.5, 0.6) is 0 Å². The largest absolute Gasteiger partial charge is 0.339 e. The van der Waals surface area contributed by atoms with Gasteiger partial charge in [-0.2, -0.15) is 0 Å². The highest BCUT2D eigenvalue weighted by molar-refractivity contribution is 7.17. The number of hydrazine groups is 1. The quantitative estimate of drug-likeness (QED) is 0.578. The van der Waals surface area contributed by atoms with Gasteiger partial charge in [-0.1, -0.05) is 48.5 Å². The number of hydrogen-bond acceptors (Lipinski definition) is 5. The molecule has 7 nitrogen and oxygen atoms in total. The van der Waals surface area contributed by atoms with Gasteiger partial charge >= 0.3 is 0 Å². The van der Waals surface area contributed by atoms with E-state index in [1.807, 2.05) is 61.5 Å². The Morgan fingerprint density at radius 3 is 2.30 bits per heavy atom. The van der Waals surface area contributed by atoms with Crippen molar-refractivity contribution in [2.75, 3.05) is 13.1 Å². The van der Waals surface area contributed by atoms with E-state index in [2.05, 4.69) is 15.8 Å². The molecule has 0 saturated carbocycles. The first kappa shape index (κ1) is 22.7. The summed E-state index contributed by atoms with van der Waals surface area (Å²) in [5, 5.41) is 0.760. The Hall–Kier alpha value is -3.52. The van der Waals surface area contributed by atoms with Crippen LogP contribution in [0.1, 0.15) is 44.1 Å². The minimum Gasteiger partial charge on any atom is -0.339 e. The van der Waals surface area contributed by atoms with Crippen LogP contribution in [0.3, 0.4) is 0 Å². The molecule has 1 aliphatic rings. The summed E-state index contributed by atoms with van der Waals surface area (Å²) in [6.07, 6.45) is 1.11. The van der Waals surface area contributed by atoms with E-state index >= 15 is 0 Å². The van der Waals surface area contributed by atoms with Gasteiger partial charge in [-0.15, -0.1) is 11.3 Å². The number of nitrogens with one attached hydrogen (secondary N) is 2. The Morgan fingerprint density at radius 2 is 1.61 bits per heavy atom. The third-order valence-corrected chi connectivity index (χ3v) is 7.06. The number of thiazole rings is 1. The zero-order valence-corrected chi connectivity index (χ0v) is 19.4. The van der Waals surface area contributed by atoms with Gasteiger partial charge in [-0.3, -0.25) is 25.2 Å². The number of nitrogens with zero attached hydrogens (tertiary/aromatic N) is 2. The molecule has 2 N–H and O–H groups in total. The summed E-state index contributed by atoms with van der Waals surface area (Å²) in [4.78, 5) is 44.7. The first-order chi connectivity index (χ1) is 15.9. The molecule has 1 aliphatic heterocycles. The zero-order chi connectivity index (χ0) is 23.4. The van der Waals surface area contributed by atoms with E-state index in [-0.39, 0.29) is 23.6 Å². The number of carbonyl (C=O) groups is 3. The van der Waals surface area contributed by atoms with Crippen LogP contribution in [0.25, 0.3) is 10.6 Å². The number of benzene rings is 2. The maximum absolute atomic E-state index is 12.8. The van der Waals surface area contributed by atoms with E-state index in [0.717, 1.165) is 16.1 Å². The zero-order valence-electron chi connectivity index (χ0n) is 18.6. The summed E-state index contributed by atoms with van der Waals surface area (Å²) in [7, 11) is 0. The summed E-state index contributed by atoms with van der Waals surface area (Å²) >= 11 is 1.29. The van der Waals surface area contributed by atoms with Crippen molar-refractivity contribution in [2.45, 2.75) is 26.7 Å². The van der Waals surface area contributed by atoms with Crippen LogP contribution in [0, 0.1) is 19.8 Å². The first-order valence-electron chi connectivity index (χ1n) is 10.9. The smallest absolute Gasteiger partial charge is 0.281 e. The van der Waals surface area contributed by atoms with E-state index in [1.54, 1.807) is 11.8 Å². The van der Waals surface area contributed by atoms with Crippen LogP contribution in [0.4, 0.5) is 0 Å². The van der Waals surface area contributed by atoms with Crippen molar-refractivity contribution in [2.24, 2.45) is 5.92 Å². The number of amides is 3. The lowest BCUT2D eigenvalue weighted by molar-refractivity contribution is -0.127. The molecular weight excluding hydrogens is 436 g/mol. The van der Waals surface area contributed by atoms with Gasteiger partial charge in [0, 0.05) is 30.1 Å². The molecule has 0 aliphatic carbocycles. The lowest BCUT2D eigenvalue weighted by Crippen LogP contribution is -2.48. The van der Waals surface area contributed by atoms with Crippen LogP contribution >= 0.6 is 11.3 Å². The molecule has 3 amide bonds. The number of carbonyl (C=O) groups excluding carboxylic acids is 3. The number of piperidine rings is 1. The molecule has 0 spiro atoms. The average Bonchev–Trinajstić information content (AvgIpc) is 3.24. The van der Waals surface area contributed by atoms with Gasteiger partial charge in [0.1, 0.15) is 9.88 Å². The molecule has 1 aromatic heterocycles. The fourth-order valence-corrected chi connectivity index (χ4v) is 4.88. The molecule has 0 radical (unpaired) electrons. The van der Waals surface area contributed by atoms with Crippen LogP contribution in [-0.2, 0) is 4.79 Å². The van der Waals surface area contributed by atoms with Crippen molar-refractivity contribution in [3.63, 3.8) is 0 Å². The third kappa shape index (κ3) is 5.12. The minimum atomic E-state index is -0.382. The van der Waals surface area contributed by atoms with Crippen molar-refractivity contribution >= 4 is 29.1 Å². The highest BCUT2D eigenvalue weighted by Gasteiger charge is 2.28. The lowest BCUT2D eigenvalue weighted by Gasteiger charge is -2.31. The van der Waals surface area contributed by atoms with Crippen LogP contribution < -0.4 is 10.9 Å². The predicted molar refractivity (Wildman–Crippen MR) is 128 cm³/mol. The monoisotopic (exact) mass is 462 g/mol. The maximum atomic E-state index is 12.8.